The number of thiazole rings is 1. The summed E-state index contributed by atoms with van der Waals surface area (Å²) >= 11 is 1.35. The number of nitrogens with zero attached hydrogens (tertiary/aromatic N) is 6. The number of hydrogen-bond acceptors (Lipinski definition) is 12. The van der Waals surface area contributed by atoms with Gasteiger partial charge in [-0.2, -0.15) is 94.1 Å². The molecule has 2 amide bonds. The van der Waals surface area contributed by atoms with E-state index in [0.29, 0.717) is 88.8 Å². The van der Waals surface area contributed by atoms with Crippen molar-refractivity contribution in [2.45, 2.75) is 96.7 Å². The van der Waals surface area contributed by atoms with Crippen molar-refractivity contribution in [2.24, 2.45) is 17.3 Å². The van der Waals surface area contributed by atoms with Crippen molar-refractivity contribution in [1.82, 2.24) is 35.2 Å². The van der Waals surface area contributed by atoms with Crippen molar-refractivity contribution in [3.63, 3.8) is 0 Å². The highest BCUT2D eigenvalue weighted by Crippen LogP contribution is 2.44. The third kappa shape index (κ3) is 13.4. The van der Waals surface area contributed by atoms with Gasteiger partial charge in [-0.15, -0.1) is 11.3 Å². The van der Waals surface area contributed by atoms with Crippen LogP contribution in [-0.2, 0) is 48.0 Å². The number of fused-ring (bicyclic) bond motifs is 7. The van der Waals surface area contributed by atoms with Crippen LogP contribution in [0.5, 0.6) is 0 Å². The highest BCUT2D eigenvalue weighted by molar-refractivity contribution is 7.60. The van der Waals surface area contributed by atoms with Gasteiger partial charge in [0.1, 0.15) is 18.6 Å². The second-order valence-corrected chi connectivity index (χ2v) is 19.9. The Balaban J connectivity index is 0.00000216. The number of amides is 2. The monoisotopic (exact) mass is 1110 g/mol. The number of methoxy groups -OCH3 is 1. The number of rotatable bonds is 7. The van der Waals surface area contributed by atoms with Crippen LogP contribution in [0, 0.1) is 17.3 Å². The zero-order valence-corrected chi connectivity index (χ0v) is 46.8. The van der Waals surface area contributed by atoms with Crippen LogP contribution in [0.2, 0.25) is 0 Å². The first-order chi connectivity index (χ1) is 30.6. The van der Waals surface area contributed by atoms with Crippen LogP contribution in [0.15, 0.2) is 35.8 Å². The van der Waals surface area contributed by atoms with Crippen LogP contribution in [-0.4, -0.2) is 126 Å². The number of cyclic esters (lactones) is 1. The van der Waals surface area contributed by atoms with Crippen molar-refractivity contribution in [3.05, 3.63) is 52.1 Å². The van der Waals surface area contributed by atoms with Gasteiger partial charge in [-0.25, -0.2) is 10.4 Å². The number of morpholine rings is 1. The lowest BCUT2D eigenvalue weighted by molar-refractivity contribution is -0.155. The van der Waals surface area contributed by atoms with Gasteiger partial charge in [0.2, 0.25) is 5.91 Å². The molecular weight excluding hydrogens is 1040 g/mol. The molecule has 6 atom stereocenters. The van der Waals surface area contributed by atoms with Crippen molar-refractivity contribution < 1.29 is 41.8 Å². The Kier molecular flexibility index (Phi) is 22.2. The Morgan fingerprint density at radius 1 is 1.07 bits per heavy atom. The summed E-state index contributed by atoms with van der Waals surface area (Å²) in [6.07, 6.45) is -1.30. The molecule has 5 aliphatic rings. The number of carbonyl (C=O) groups excluding carboxylic acids is 3. The fourth-order valence-corrected chi connectivity index (χ4v) is 10.6. The fourth-order valence-electron chi connectivity index (χ4n) is 9.74. The predicted octanol–water partition coefficient (Wildman–Crippen LogP) is 6.60. The lowest BCUT2D eigenvalue weighted by atomic mass is 9.84. The number of hydrogen-bond donors (Lipinski definition) is 2. The molecule has 70 heavy (non-hydrogen) atoms. The third-order valence-corrected chi connectivity index (χ3v) is 14.4. The summed E-state index contributed by atoms with van der Waals surface area (Å²) in [6, 6.07) is 5.77. The van der Waals surface area contributed by atoms with Crippen LogP contribution in [0.1, 0.15) is 69.3 Å². The molecular formula is C46H69F3N8O6S7. The van der Waals surface area contributed by atoms with E-state index in [1.165, 1.54) is 20.9 Å². The molecule has 4 fully saturated rings. The normalized spacial score (nSPS) is 23.7. The van der Waals surface area contributed by atoms with E-state index in [0.717, 1.165) is 31.7 Å². The first-order valence-electron chi connectivity index (χ1n) is 22.4. The molecule has 4 aromatic rings. The van der Waals surface area contributed by atoms with Gasteiger partial charge >= 0.3 is 12.1 Å². The standard InChI is InChI=1S/C46H57F3N8O6S.6H2S/c1-26-15-31(26)42(58)52-36-18-39-51-37(23-64-39)28-8-9-38-32(16-28)34(19-45(3,4)25-63-44(60)35-7-6-10-57(53-35)43(36)59)41(56(38)24-46(47,48)49)33-17-29(20-50-40(33)27(2)61-5)55-12-11-54-13-14-62-22-30(54)21-55;;;;;;/h8-9,16-17,20,23,26-27,30-31,35-36,53H,6-7,10-15,18-19,21-22,24-25H2,1-5H3,(H,52,58);6*1H2/t26-,27-,30-,31-,35-,36-;;;;;;/m0....../s1. The molecule has 1 aliphatic carbocycles. The largest absolute Gasteiger partial charge is 0.464 e. The number of hydrazine groups is 1. The van der Waals surface area contributed by atoms with Gasteiger partial charge in [0.25, 0.3) is 5.91 Å². The van der Waals surface area contributed by atoms with E-state index >= 15 is 0 Å². The van der Waals surface area contributed by atoms with Crippen molar-refractivity contribution >= 4 is 127 Å². The number of anilines is 1. The highest BCUT2D eigenvalue weighted by atomic mass is 32.1. The summed E-state index contributed by atoms with van der Waals surface area (Å²) in [5.41, 5.74) is 6.81. The predicted molar refractivity (Wildman–Crippen MR) is 298 cm³/mol. The molecule has 1 aromatic carbocycles. The Hall–Kier alpha value is -2.52. The first-order valence-corrected chi connectivity index (χ1v) is 23.2. The van der Waals surface area contributed by atoms with Gasteiger partial charge in [0, 0.05) is 85.0 Å². The highest BCUT2D eigenvalue weighted by Gasteiger charge is 2.42. The van der Waals surface area contributed by atoms with Gasteiger partial charge in [0.05, 0.1) is 65.9 Å². The molecule has 0 unspecified atom stereocenters. The van der Waals surface area contributed by atoms with Crippen LogP contribution in [0.4, 0.5) is 18.9 Å². The lowest BCUT2D eigenvalue weighted by Gasteiger charge is -2.44. The van der Waals surface area contributed by atoms with Gasteiger partial charge in [-0.1, -0.05) is 26.8 Å². The Bertz CT molecular complexity index is 2450. The maximum Gasteiger partial charge on any atom is 0.406 e. The Morgan fingerprint density at radius 3 is 2.51 bits per heavy atom. The maximum atomic E-state index is 15.0. The number of alkyl halides is 3. The summed E-state index contributed by atoms with van der Waals surface area (Å²) < 4.78 is 64.0. The number of halogens is 3. The molecule has 14 nitrogen and oxygen atoms in total. The number of benzene rings is 1. The van der Waals surface area contributed by atoms with Gasteiger partial charge in [0.15, 0.2) is 0 Å². The topological polar surface area (TPSA) is 143 Å². The number of carbonyl (C=O) groups is 3. The molecule has 3 saturated heterocycles. The lowest BCUT2D eigenvalue weighted by Crippen LogP contribution is -2.60. The van der Waals surface area contributed by atoms with Crippen molar-refractivity contribution in [2.75, 3.05) is 64.6 Å². The van der Waals surface area contributed by atoms with E-state index in [2.05, 4.69) is 20.5 Å². The molecule has 7 heterocycles. The van der Waals surface area contributed by atoms with E-state index < -0.39 is 42.3 Å². The van der Waals surface area contributed by atoms with Crippen LogP contribution in [0.3, 0.4) is 0 Å². The first kappa shape index (κ1) is 61.8. The summed E-state index contributed by atoms with van der Waals surface area (Å²) in [6.45, 7) is 11.1. The molecule has 9 rings (SSSR count). The molecule has 3 aromatic heterocycles. The number of ether oxygens (including phenoxy) is 3. The molecule has 2 N–H and O–H groups in total. The van der Waals surface area contributed by atoms with Crippen LogP contribution < -0.4 is 15.6 Å². The van der Waals surface area contributed by atoms with E-state index in [9.17, 15) is 27.6 Å². The van der Waals surface area contributed by atoms with Crippen LogP contribution >= 0.6 is 92.3 Å². The average molecular weight is 1110 g/mol. The van der Waals surface area contributed by atoms with E-state index in [4.69, 9.17) is 24.2 Å². The van der Waals surface area contributed by atoms with Gasteiger partial charge in [-0.3, -0.25) is 29.3 Å². The summed E-state index contributed by atoms with van der Waals surface area (Å²) in [7, 11) is 1.56. The fraction of sp³-hybridized carbons (Fsp3) is 0.587. The number of esters is 1. The molecule has 392 valence electrons. The van der Waals surface area contributed by atoms with Crippen LogP contribution in [0.25, 0.3) is 33.4 Å². The zero-order chi connectivity index (χ0) is 45.1. The molecule has 6 bridgehead atoms. The SMILES string of the molecule is CO[C@@H](C)c1ncc(N2CCN3CCOC[C@@H]3C2)cc1-c1c2c3cc(ccc3n1CC(F)(F)F)-c1csc(n1)C[C@H](NC(=O)[C@H]1C[C@@H]1C)C(=O)N1CCC[C@H](N1)C(=O)OCC(C)(C)C2.S.S.S.S.S.S. The Labute approximate surface area is 453 Å². The molecule has 4 aliphatic heterocycles. The van der Waals surface area contributed by atoms with Crippen molar-refractivity contribution in [3.8, 4) is 22.5 Å². The number of nitrogens with one attached hydrogen (secondary N) is 2. The second-order valence-electron chi connectivity index (χ2n) is 18.9. The minimum atomic E-state index is -4.59. The van der Waals surface area contributed by atoms with E-state index in [1.54, 1.807) is 25.4 Å². The van der Waals surface area contributed by atoms with E-state index in [-0.39, 0.29) is 130 Å². The molecule has 1 saturated carbocycles. The van der Waals surface area contributed by atoms with Crippen molar-refractivity contribution in [1.29, 1.82) is 0 Å². The molecule has 0 spiro atoms. The third-order valence-electron chi connectivity index (χ3n) is 13.5. The smallest absolute Gasteiger partial charge is 0.406 e. The summed E-state index contributed by atoms with van der Waals surface area (Å²) in [4.78, 5) is 55.8. The average Bonchev–Trinajstić information content (AvgIpc) is 3.72. The second kappa shape index (κ2) is 25.1. The van der Waals surface area contributed by atoms with Gasteiger partial charge < -0.3 is 29.0 Å². The number of pyridine rings is 1. The minimum absolute atomic E-state index is 0. The van der Waals surface area contributed by atoms with E-state index in [1.807, 2.05) is 45.2 Å². The number of piperazine rings is 1. The quantitative estimate of drug-likeness (QED) is 0.194. The summed E-state index contributed by atoms with van der Waals surface area (Å²) in [5.74, 6) is -1.04. The van der Waals surface area contributed by atoms with Gasteiger partial charge in [-0.05, 0) is 62.3 Å². The minimum Gasteiger partial charge on any atom is -0.464 e. The maximum absolute atomic E-state index is 15.0. The summed E-state index contributed by atoms with van der Waals surface area (Å²) in [5, 5.41) is 7.48. The molecule has 0 radical (unpaired) electrons. The molecule has 24 heteroatoms. The number of aromatic nitrogens is 3. The Morgan fingerprint density at radius 2 is 1.81 bits per heavy atom. The zero-order valence-electron chi connectivity index (χ0n) is 40.0.